The van der Waals surface area contributed by atoms with Crippen LogP contribution < -0.4 is 10.6 Å². The van der Waals surface area contributed by atoms with E-state index in [9.17, 15) is 0 Å². The van der Waals surface area contributed by atoms with Crippen molar-refractivity contribution in [2.24, 2.45) is 10.9 Å². The van der Waals surface area contributed by atoms with Gasteiger partial charge in [0.15, 0.2) is 11.6 Å². The molecule has 1 atom stereocenters. The van der Waals surface area contributed by atoms with Gasteiger partial charge < -0.3 is 15.5 Å². The van der Waals surface area contributed by atoms with Crippen molar-refractivity contribution in [3.8, 4) is 5.82 Å². The van der Waals surface area contributed by atoms with Crippen molar-refractivity contribution in [3.05, 3.63) is 83.8 Å². The Hall–Kier alpha value is -4.04. The molecule has 0 spiro atoms. The van der Waals surface area contributed by atoms with E-state index in [-0.39, 0.29) is 0 Å². The van der Waals surface area contributed by atoms with E-state index in [0.717, 1.165) is 23.6 Å². The first-order valence-electron chi connectivity index (χ1n) is 13.8. The van der Waals surface area contributed by atoms with Gasteiger partial charge in [-0.3, -0.25) is 4.99 Å². The average Bonchev–Trinajstić information content (AvgIpc) is 3.64. The highest BCUT2D eigenvalue weighted by atomic mass is 15.3. The molecular formula is C31H36N8. The minimum absolute atomic E-state index is 0.509. The third-order valence-corrected chi connectivity index (χ3v) is 8.36. The van der Waals surface area contributed by atoms with Gasteiger partial charge >= 0.3 is 0 Å². The van der Waals surface area contributed by atoms with Crippen LogP contribution in [-0.2, 0) is 13.0 Å². The van der Waals surface area contributed by atoms with Gasteiger partial charge in [-0.05, 0) is 118 Å². The molecule has 1 fully saturated rings. The summed E-state index contributed by atoms with van der Waals surface area (Å²) in [4.78, 5) is 18.3. The van der Waals surface area contributed by atoms with E-state index >= 15 is 0 Å². The first-order valence-corrected chi connectivity index (χ1v) is 13.8. The van der Waals surface area contributed by atoms with Gasteiger partial charge in [0.05, 0.1) is 6.54 Å². The second-order valence-corrected chi connectivity index (χ2v) is 10.9. The van der Waals surface area contributed by atoms with E-state index in [1.807, 2.05) is 36.5 Å². The fraction of sp³-hybridized carbons (Fsp3) is 0.355. The first kappa shape index (κ1) is 25.2. The Balaban J connectivity index is 1.36. The van der Waals surface area contributed by atoms with E-state index in [2.05, 4.69) is 56.8 Å². The number of nitrogen functional groups attached to an aromatic ring is 1. The molecule has 1 aliphatic heterocycles. The maximum Gasteiger partial charge on any atom is 0.161 e. The number of benzene rings is 1. The number of hydrogen-bond donors (Lipinski definition) is 1. The molecule has 0 radical (unpaired) electrons. The number of fused-ring (bicyclic) bond motifs is 1. The molecule has 8 heteroatoms. The Morgan fingerprint density at radius 2 is 1.95 bits per heavy atom. The Kier molecular flexibility index (Phi) is 7.11. The highest BCUT2D eigenvalue weighted by molar-refractivity contribution is 5.74. The van der Waals surface area contributed by atoms with Crippen molar-refractivity contribution in [1.82, 2.24) is 24.6 Å². The fourth-order valence-electron chi connectivity index (χ4n) is 6.13. The van der Waals surface area contributed by atoms with Gasteiger partial charge in [0.2, 0.25) is 0 Å². The predicted octanol–water partition coefficient (Wildman–Crippen LogP) is 5.68. The highest BCUT2D eigenvalue weighted by Crippen LogP contribution is 2.43. The number of nitrogens with zero attached hydrogens (tertiary/aromatic N) is 7. The summed E-state index contributed by atoms with van der Waals surface area (Å²) in [6.45, 7) is 6.79. The lowest BCUT2D eigenvalue weighted by atomic mass is 9.84. The van der Waals surface area contributed by atoms with E-state index in [4.69, 9.17) is 10.7 Å². The van der Waals surface area contributed by atoms with Gasteiger partial charge in [0.25, 0.3) is 0 Å². The molecule has 1 saturated heterocycles. The van der Waals surface area contributed by atoms with Crippen molar-refractivity contribution in [1.29, 1.82) is 0 Å². The Labute approximate surface area is 230 Å². The largest absolute Gasteiger partial charge is 0.383 e. The summed E-state index contributed by atoms with van der Waals surface area (Å²) in [5.74, 6) is 3.42. The monoisotopic (exact) mass is 520 g/mol. The summed E-state index contributed by atoms with van der Waals surface area (Å²) in [5, 5.41) is 4.38. The summed E-state index contributed by atoms with van der Waals surface area (Å²) in [6, 6.07) is 16.6. The molecule has 6 rings (SSSR count). The molecule has 8 nitrogen and oxygen atoms in total. The third-order valence-electron chi connectivity index (χ3n) is 8.36. The maximum absolute atomic E-state index is 6.30. The molecule has 4 heterocycles. The van der Waals surface area contributed by atoms with Crippen LogP contribution in [-0.4, -0.2) is 51.5 Å². The average molecular weight is 521 g/mol. The van der Waals surface area contributed by atoms with Crippen LogP contribution >= 0.6 is 0 Å². The van der Waals surface area contributed by atoms with Crippen LogP contribution in [0.15, 0.2) is 72.1 Å². The molecule has 1 unspecified atom stereocenters. The van der Waals surface area contributed by atoms with Crippen LogP contribution in [0, 0.1) is 5.92 Å². The SMILES string of the molecule is C=Nc1ccc(-n2cccn2)nc1N(Cc1cccnc1N)c1ccc2c(c1)CCC2CC1CCN(C)CC1. The van der Waals surface area contributed by atoms with Crippen molar-refractivity contribution >= 4 is 29.7 Å². The van der Waals surface area contributed by atoms with Crippen LogP contribution in [0.4, 0.5) is 23.0 Å². The quantitative estimate of drug-likeness (QED) is 0.301. The predicted molar refractivity (Wildman–Crippen MR) is 157 cm³/mol. The number of anilines is 3. The number of hydrogen-bond acceptors (Lipinski definition) is 7. The number of nitrogens with two attached hydrogens (primary N) is 1. The Bertz CT molecular complexity index is 1440. The number of aromatic nitrogens is 4. The summed E-state index contributed by atoms with van der Waals surface area (Å²) in [6.07, 6.45) is 11.6. The van der Waals surface area contributed by atoms with Gasteiger partial charge in [-0.1, -0.05) is 12.1 Å². The standard InChI is InChI=1S/C31H36N8/c1-33-28-10-11-29(39-16-4-15-35-39)36-31(28)38(21-25-5-3-14-34-30(25)32)26-8-9-27-23(6-7-24(27)20-26)19-22-12-17-37(2)18-13-22/h3-5,8-11,14-16,20,22-23H,1,6-7,12-13,17-19,21H2,2H3,(H2,32,34). The molecule has 39 heavy (non-hydrogen) atoms. The molecule has 2 aliphatic rings. The lowest BCUT2D eigenvalue weighted by Crippen LogP contribution is -2.30. The molecule has 1 aliphatic carbocycles. The number of pyridine rings is 2. The molecule has 200 valence electrons. The Morgan fingerprint density at radius 3 is 2.72 bits per heavy atom. The van der Waals surface area contributed by atoms with Crippen molar-refractivity contribution in [2.75, 3.05) is 30.8 Å². The van der Waals surface area contributed by atoms with Crippen molar-refractivity contribution < 1.29 is 0 Å². The van der Waals surface area contributed by atoms with Gasteiger partial charge in [0, 0.05) is 29.8 Å². The van der Waals surface area contributed by atoms with Crippen LogP contribution in [0.5, 0.6) is 0 Å². The maximum atomic E-state index is 6.30. The van der Waals surface area contributed by atoms with Gasteiger partial charge in [0.1, 0.15) is 11.5 Å². The summed E-state index contributed by atoms with van der Waals surface area (Å²) < 4.78 is 1.75. The molecule has 3 aromatic heterocycles. The zero-order valence-electron chi connectivity index (χ0n) is 22.6. The normalized spacial score (nSPS) is 17.7. The first-order chi connectivity index (χ1) is 19.1. The number of aliphatic imine (C=N–C) groups is 1. The molecule has 1 aromatic carbocycles. The molecule has 2 N–H and O–H groups in total. The minimum atomic E-state index is 0.509. The second-order valence-electron chi connectivity index (χ2n) is 10.9. The zero-order valence-corrected chi connectivity index (χ0v) is 22.6. The van der Waals surface area contributed by atoms with E-state index in [1.165, 1.54) is 49.9 Å². The van der Waals surface area contributed by atoms with Crippen molar-refractivity contribution in [2.45, 2.75) is 44.6 Å². The molecule has 0 amide bonds. The van der Waals surface area contributed by atoms with Crippen LogP contribution in [0.1, 0.15) is 48.3 Å². The summed E-state index contributed by atoms with van der Waals surface area (Å²) >= 11 is 0. The van der Waals surface area contributed by atoms with Crippen molar-refractivity contribution in [3.63, 3.8) is 0 Å². The van der Waals surface area contributed by atoms with Crippen LogP contribution in [0.25, 0.3) is 5.82 Å². The minimum Gasteiger partial charge on any atom is -0.383 e. The smallest absolute Gasteiger partial charge is 0.161 e. The lowest BCUT2D eigenvalue weighted by Gasteiger charge is -2.30. The molecule has 4 aromatic rings. The van der Waals surface area contributed by atoms with E-state index in [0.29, 0.717) is 35.6 Å². The van der Waals surface area contributed by atoms with E-state index in [1.54, 1.807) is 17.1 Å². The number of piperidine rings is 1. The topological polar surface area (TPSA) is 88.5 Å². The number of aryl methyl sites for hydroxylation is 1. The van der Waals surface area contributed by atoms with Gasteiger partial charge in [-0.15, -0.1) is 0 Å². The Morgan fingerprint density at radius 1 is 1.08 bits per heavy atom. The number of rotatable bonds is 8. The number of likely N-dealkylation sites (tertiary alicyclic amines) is 1. The molecule has 0 bridgehead atoms. The fourth-order valence-corrected chi connectivity index (χ4v) is 6.13. The van der Waals surface area contributed by atoms with Crippen LogP contribution in [0.3, 0.4) is 0 Å². The van der Waals surface area contributed by atoms with Gasteiger partial charge in [-0.2, -0.15) is 5.10 Å². The third kappa shape index (κ3) is 5.29. The summed E-state index contributed by atoms with van der Waals surface area (Å²) in [7, 11) is 2.24. The zero-order chi connectivity index (χ0) is 26.8. The summed E-state index contributed by atoms with van der Waals surface area (Å²) in [5.41, 5.74) is 11.9. The van der Waals surface area contributed by atoms with E-state index < -0.39 is 0 Å². The molecular weight excluding hydrogens is 484 g/mol. The van der Waals surface area contributed by atoms with Gasteiger partial charge in [-0.25, -0.2) is 14.6 Å². The highest BCUT2D eigenvalue weighted by Gasteiger charge is 2.28. The molecule has 0 saturated carbocycles. The van der Waals surface area contributed by atoms with Crippen LogP contribution in [0.2, 0.25) is 0 Å². The second kappa shape index (κ2) is 11.0. The lowest BCUT2D eigenvalue weighted by molar-refractivity contribution is 0.205.